The van der Waals surface area contributed by atoms with Gasteiger partial charge in [-0.1, -0.05) is 243 Å². The zero-order valence-corrected chi connectivity index (χ0v) is 52.4. The molecule has 454 valence electrons. The van der Waals surface area contributed by atoms with Crippen LogP contribution >= 0.6 is 0 Å². The molecule has 0 amide bonds. The van der Waals surface area contributed by atoms with Crippen LogP contribution in [-0.2, 0) is 0 Å². The molecule has 0 atom stereocenters. The minimum atomic E-state index is -0.234. The van der Waals surface area contributed by atoms with E-state index in [1.165, 1.54) is 65.7 Å². The first kappa shape index (κ1) is 51.2. The van der Waals surface area contributed by atoms with Gasteiger partial charge in [-0.25, -0.2) is 9.97 Å². The second kappa shape index (κ2) is 22.2. The SMILES string of the molecule is [2H]c1c([2H])c(-n2c3cc4ccccc4cc3c3c4ccccc4ccc32)c([2H])c([2H])c1-c1nnc(-c2ccc3ccccc3c2)c2nccnc12.c1ccc2cc(-c3nc(-c4ccc(-n5c6cc7ccccc7cc6c6c7ccccc7ccc65)c5ccccc45)c4ccccc4n3)ccc2c1. The maximum atomic E-state index is 9.44. The summed E-state index contributed by atoms with van der Waals surface area (Å²) in [5.74, 6) is 0.726. The third-order valence-corrected chi connectivity index (χ3v) is 19.5. The average Bonchev–Trinajstić information content (AvgIpc) is 1.50. The zero-order chi connectivity index (χ0) is 67.8. The first-order valence-corrected chi connectivity index (χ1v) is 32.8. The van der Waals surface area contributed by atoms with Gasteiger partial charge in [-0.2, -0.15) is 0 Å². The van der Waals surface area contributed by atoms with Gasteiger partial charge in [0.15, 0.2) is 5.82 Å². The topological polar surface area (TPSA) is 87.2 Å². The van der Waals surface area contributed by atoms with Crippen molar-refractivity contribution in [3.05, 3.63) is 328 Å². The molecule has 5 aromatic heterocycles. The number of aromatic nitrogens is 8. The third-order valence-electron chi connectivity index (χ3n) is 19.5. The van der Waals surface area contributed by atoms with Crippen LogP contribution in [0.1, 0.15) is 5.48 Å². The number of benzene rings is 16. The maximum Gasteiger partial charge on any atom is 0.160 e. The van der Waals surface area contributed by atoms with E-state index in [0.717, 1.165) is 104 Å². The number of rotatable bonds is 6. The Morgan fingerprint density at radius 3 is 1.31 bits per heavy atom. The number of para-hydroxylation sites is 1. The lowest BCUT2D eigenvalue weighted by Gasteiger charge is -2.16. The molecule has 0 unspecified atom stereocenters. The Hall–Kier alpha value is -13.3. The predicted octanol–water partition coefficient (Wildman–Crippen LogP) is 23.0. The Balaban J connectivity index is 0.000000137. The van der Waals surface area contributed by atoms with Gasteiger partial charge < -0.3 is 9.13 Å². The first-order valence-electron chi connectivity index (χ1n) is 34.8. The van der Waals surface area contributed by atoms with Crippen molar-refractivity contribution in [3.8, 4) is 56.5 Å². The van der Waals surface area contributed by atoms with Gasteiger partial charge in [-0.3, -0.25) is 9.97 Å². The highest BCUT2D eigenvalue weighted by Gasteiger charge is 2.23. The molecular formula is C90H54N8. The van der Waals surface area contributed by atoms with Crippen molar-refractivity contribution in [2.75, 3.05) is 0 Å². The number of fused-ring (bicyclic) bond motifs is 17. The summed E-state index contributed by atoms with van der Waals surface area (Å²) >= 11 is 0. The Bertz CT molecular complexity index is 7140. The fraction of sp³-hybridized carbons (Fsp3) is 0. The molecule has 8 nitrogen and oxygen atoms in total. The molecule has 0 bridgehead atoms. The van der Waals surface area contributed by atoms with E-state index in [0.29, 0.717) is 16.7 Å². The number of hydrogen-bond acceptors (Lipinski definition) is 6. The van der Waals surface area contributed by atoms with Crippen LogP contribution in [0.5, 0.6) is 0 Å². The fourth-order valence-electron chi connectivity index (χ4n) is 15.0. The van der Waals surface area contributed by atoms with E-state index in [4.69, 9.17) is 9.97 Å². The monoisotopic (exact) mass is 1250 g/mol. The molecule has 21 aromatic rings. The molecule has 5 heterocycles. The van der Waals surface area contributed by atoms with Gasteiger partial charge >= 0.3 is 0 Å². The van der Waals surface area contributed by atoms with Gasteiger partial charge in [-0.15, -0.1) is 10.2 Å². The highest BCUT2D eigenvalue weighted by molar-refractivity contribution is 6.25. The maximum absolute atomic E-state index is 9.44. The largest absolute Gasteiger partial charge is 0.309 e. The quantitative estimate of drug-likeness (QED) is 0.165. The normalized spacial score (nSPS) is 12.4. The lowest BCUT2D eigenvalue weighted by Crippen LogP contribution is -1.99. The standard InChI is InChI=1S/C48H29N3.C42H25N5/c1-2-13-32-27-35(22-21-30(32)11-1)48-49-42-20-10-9-19-40(42)47(50-48)39-24-26-43(38-18-8-7-17-37(38)39)51-44-25-23-31-12-5-6-16-36(31)46(44)41-28-33-14-3-4-15-34(33)29-45(41)51;1-2-9-29-23-32(14-13-26(29)7-1)40-42-41(43-21-22-44-42)39(45-46-40)28-15-18-33(19-16-28)47-36-20-17-27-8-5-6-12-34(27)38(36)35-24-30-10-3-4-11-31(30)25-37(35)47/h1-29H;1-25H/i;15D,16D,18D,19D. The molecule has 21 rings (SSSR count). The smallest absolute Gasteiger partial charge is 0.160 e. The van der Waals surface area contributed by atoms with Crippen LogP contribution in [0.15, 0.2) is 328 Å². The predicted molar refractivity (Wildman–Crippen MR) is 408 cm³/mol. The molecule has 98 heavy (non-hydrogen) atoms. The molecule has 0 aliphatic rings. The highest BCUT2D eigenvalue weighted by Crippen LogP contribution is 2.44. The van der Waals surface area contributed by atoms with Crippen LogP contribution < -0.4 is 0 Å². The first-order chi connectivity index (χ1) is 50.3. The number of nitrogens with zero attached hydrogens (tertiary/aromatic N) is 8. The summed E-state index contributed by atoms with van der Waals surface area (Å²) in [6.45, 7) is 0. The van der Waals surface area contributed by atoms with Crippen LogP contribution in [0.4, 0.5) is 0 Å². The summed E-state index contributed by atoms with van der Waals surface area (Å²) in [6.07, 6.45) is 3.11. The Morgan fingerprint density at radius 2 is 0.714 bits per heavy atom. The highest BCUT2D eigenvalue weighted by atomic mass is 15.1. The summed E-state index contributed by atoms with van der Waals surface area (Å²) in [5.41, 5.74) is 11.5. The van der Waals surface area contributed by atoms with Crippen molar-refractivity contribution >= 4 is 141 Å². The van der Waals surface area contributed by atoms with Crippen molar-refractivity contribution in [2.24, 2.45) is 0 Å². The second-order valence-electron chi connectivity index (χ2n) is 25.1. The molecule has 0 saturated heterocycles. The lowest BCUT2D eigenvalue weighted by atomic mass is 9.97. The van der Waals surface area contributed by atoms with E-state index in [2.05, 4.69) is 231 Å². The molecule has 0 spiro atoms. The van der Waals surface area contributed by atoms with Crippen molar-refractivity contribution in [2.45, 2.75) is 0 Å². The minimum absolute atomic E-state index is 0.0217. The molecule has 0 radical (unpaired) electrons. The third kappa shape index (κ3) is 8.85. The number of hydrogen-bond donors (Lipinski definition) is 0. The average molecular weight is 1250 g/mol. The van der Waals surface area contributed by atoms with Crippen molar-refractivity contribution < 1.29 is 5.48 Å². The van der Waals surface area contributed by atoms with Crippen molar-refractivity contribution in [3.63, 3.8) is 0 Å². The van der Waals surface area contributed by atoms with Crippen LogP contribution in [0.3, 0.4) is 0 Å². The van der Waals surface area contributed by atoms with E-state index in [1.54, 1.807) is 6.20 Å². The van der Waals surface area contributed by atoms with E-state index in [-0.39, 0.29) is 41.1 Å². The molecule has 0 aliphatic carbocycles. The molecular weight excluding hydrogens is 1190 g/mol. The van der Waals surface area contributed by atoms with Crippen molar-refractivity contribution in [1.29, 1.82) is 0 Å². The molecule has 0 fully saturated rings. The molecule has 0 saturated carbocycles. The van der Waals surface area contributed by atoms with Gasteiger partial charge in [0.25, 0.3) is 0 Å². The van der Waals surface area contributed by atoms with E-state index < -0.39 is 0 Å². The molecule has 0 aliphatic heterocycles. The van der Waals surface area contributed by atoms with Crippen LogP contribution in [-0.4, -0.2) is 39.3 Å². The molecule has 0 N–H and O–H groups in total. The van der Waals surface area contributed by atoms with Gasteiger partial charge in [0.1, 0.15) is 22.4 Å². The van der Waals surface area contributed by atoms with E-state index in [9.17, 15) is 5.48 Å². The van der Waals surface area contributed by atoms with Crippen molar-refractivity contribution in [1.82, 2.24) is 39.3 Å². The summed E-state index contributed by atoms with van der Waals surface area (Å²) in [5, 5.41) is 30.7. The summed E-state index contributed by atoms with van der Waals surface area (Å²) in [6, 6.07) is 101. The summed E-state index contributed by atoms with van der Waals surface area (Å²) in [7, 11) is 0. The Morgan fingerprint density at radius 1 is 0.276 bits per heavy atom. The van der Waals surface area contributed by atoms with E-state index >= 15 is 0 Å². The van der Waals surface area contributed by atoms with E-state index in [1.807, 2.05) is 89.5 Å². The minimum Gasteiger partial charge on any atom is -0.309 e. The second-order valence-corrected chi connectivity index (χ2v) is 25.1. The van der Waals surface area contributed by atoms with Gasteiger partial charge in [-0.05, 0) is 143 Å². The van der Waals surface area contributed by atoms with Gasteiger partial charge in [0.2, 0.25) is 0 Å². The molecule has 16 aromatic carbocycles. The summed E-state index contributed by atoms with van der Waals surface area (Å²) < 4.78 is 41.9. The lowest BCUT2D eigenvalue weighted by molar-refractivity contribution is 1.05. The van der Waals surface area contributed by atoms with Crippen LogP contribution in [0, 0.1) is 0 Å². The fourth-order valence-corrected chi connectivity index (χ4v) is 15.0. The molecule has 8 heteroatoms. The summed E-state index contributed by atoms with van der Waals surface area (Å²) in [4.78, 5) is 19.6. The van der Waals surface area contributed by atoms with Gasteiger partial charge in [0, 0.05) is 72.7 Å². The van der Waals surface area contributed by atoms with Crippen LogP contribution in [0.25, 0.3) is 197 Å². The Kier molecular flexibility index (Phi) is 11.6. The van der Waals surface area contributed by atoms with Crippen LogP contribution in [0.2, 0.25) is 0 Å². The Labute approximate surface area is 566 Å². The van der Waals surface area contributed by atoms with Gasteiger partial charge in [0.05, 0.1) is 44.4 Å². The zero-order valence-electron chi connectivity index (χ0n) is 56.4.